The van der Waals surface area contributed by atoms with Gasteiger partial charge >= 0.3 is 0 Å². The Morgan fingerprint density at radius 3 is 2.72 bits per heavy atom. The summed E-state index contributed by atoms with van der Waals surface area (Å²) in [7, 11) is 0. The van der Waals surface area contributed by atoms with E-state index in [0.29, 0.717) is 10.7 Å². The molecule has 2 N–H and O–H groups in total. The number of aromatic amines is 1. The van der Waals surface area contributed by atoms with Crippen LogP contribution in [0.15, 0.2) is 23.0 Å². The van der Waals surface area contributed by atoms with E-state index in [2.05, 4.69) is 4.98 Å². The van der Waals surface area contributed by atoms with Gasteiger partial charge in [-0.1, -0.05) is 29.3 Å². The molecule has 4 nitrogen and oxygen atoms in total. The number of aromatic hydroxyl groups is 1. The molecule has 1 aromatic carbocycles. The molecular weight excluding hydrogens is 295 g/mol. The predicted octanol–water partition coefficient (Wildman–Crippen LogP) is 3.22. The largest absolute Gasteiger partial charge is 0.494 e. The number of aromatic nitrogens is 2. The van der Waals surface area contributed by atoms with Gasteiger partial charge in [0.25, 0.3) is 5.56 Å². The minimum atomic E-state index is -0.438. The summed E-state index contributed by atoms with van der Waals surface area (Å²) in [5.74, 6) is -0.257. The van der Waals surface area contributed by atoms with Crippen LogP contribution in [0.2, 0.25) is 10.0 Å². The van der Waals surface area contributed by atoms with E-state index < -0.39 is 5.56 Å². The fourth-order valence-electron chi connectivity index (χ4n) is 1.50. The molecule has 18 heavy (non-hydrogen) atoms. The molecule has 0 radical (unpaired) electrons. The standard InChI is InChI=1S/C11H8Cl2N2O2S/c1-5-9(16)14-11(18)15(10(5)17)7-4-2-3-6(12)8(7)13/h2-4,17H,1H3,(H,14,16,18). The lowest BCUT2D eigenvalue weighted by atomic mass is 10.3. The Hall–Kier alpha value is -1.30. The van der Waals surface area contributed by atoms with E-state index in [0.717, 1.165) is 0 Å². The number of benzene rings is 1. The lowest BCUT2D eigenvalue weighted by Gasteiger charge is -2.13. The van der Waals surface area contributed by atoms with Gasteiger partial charge in [0.15, 0.2) is 4.77 Å². The summed E-state index contributed by atoms with van der Waals surface area (Å²) in [6.45, 7) is 1.48. The molecule has 0 saturated carbocycles. The van der Waals surface area contributed by atoms with Gasteiger partial charge in [0.05, 0.1) is 21.3 Å². The zero-order valence-corrected chi connectivity index (χ0v) is 11.5. The van der Waals surface area contributed by atoms with Crippen LogP contribution in [0.25, 0.3) is 5.69 Å². The third kappa shape index (κ3) is 2.05. The van der Waals surface area contributed by atoms with Crippen molar-refractivity contribution < 1.29 is 5.11 Å². The fourth-order valence-corrected chi connectivity index (χ4v) is 2.16. The smallest absolute Gasteiger partial charge is 0.258 e. The summed E-state index contributed by atoms with van der Waals surface area (Å²) in [5, 5.41) is 10.6. The van der Waals surface area contributed by atoms with Crippen molar-refractivity contribution in [1.82, 2.24) is 9.55 Å². The van der Waals surface area contributed by atoms with Crippen molar-refractivity contribution in [2.45, 2.75) is 6.92 Å². The van der Waals surface area contributed by atoms with Gasteiger partial charge in [-0.05, 0) is 31.3 Å². The number of halogens is 2. The Morgan fingerprint density at radius 1 is 1.39 bits per heavy atom. The lowest BCUT2D eigenvalue weighted by Crippen LogP contribution is -2.15. The van der Waals surface area contributed by atoms with Crippen molar-refractivity contribution in [3.05, 3.63) is 48.9 Å². The number of hydrogen-bond acceptors (Lipinski definition) is 3. The van der Waals surface area contributed by atoms with Crippen molar-refractivity contribution in [3.63, 3.8) is 0 Å². The molecule has 0 spiro atoms. The van der Waals surface area contributed by atoms with Crippen LogP contribution in [-0.4, -0.2) is 14.7 Å². The molecule has 0 atom stereocenters. The minimum absolute atomic E-state index is 0.0484. The van der Waals surface area contributed by atoms with Crippen LogP contribution in [0.1, 0.15) is 5.56 Å². The molecule has 1 aromatic heterocycles. The number of nitrogens with one attached hydrogen (secondary N) is 1. The van der Waals surface area contributed by atoms with Crippen molar-refractivity contribution in [3.8, 4) is 11.6 Å². The van der Waals surface area contributed by atoms with Gasteiger partial charge in [-0.15, -0.1) is 0 Å². The average Bonchev–Trinajstić information content (AvgIpc) is 2.32. The molecule has 0 amide bonds. The van der Waals surface area contributed by atoms with Gasteiger partial charge < -0.3 is 5.11 Å². The molecule has 7 heteroatoms. The summed E-state index contributed by atoms with van der Waals surface area (Å²) < 4.78 is 1.31. The highest BCUT2D eigenvalue weighted by Gasteiger charge is 2.13. The summed E-state index contributed by atoms with van der Waals surface area (Å²) in [4.78, 5) is 13.9. The zero-order chi connectivity index (χ0) is 13.4. The van der Waals surface area contributed by atoms with Gasteiger partial charge in [0.2, 0.25) is 5.88 Å². The third-order valence-corrected chi connectivity index (χ3v) is 3.58. The summed E-state index contributed by atoms with van der Waals surface area (Å²) in [6.07, 6.45) is 0. The van der Waals surface area contributed by atoms with E-state index in [-0.39, 0.29) is 21.2 Å². The molecule has 0 aliphatic carbocycles. The maximum Gasteiger partial charge on any atom is 0.258 e. The molecule has 0 aliphatic rings. The highest BCUT2D eigenvalue weighted by atomic mass is 35.5. The van der Waals surface area contributed by atoms with Crippen LogP contribution in [0, 0.1) is 11.7 Å². The van der Waals surface area contributed by atoms with Crippen LogP contribution >= 0.6 is 35.4 Å². The van der Waals surface area contributed by atoms with Crippen LogP contribution in [0.5, 0.6) is 5.88 Å². The van der Waals surface area contributed by atoms with E-state index in [4.69, 9.17) is 35.4 Å². The number of nitrogens with zero attached hydrogens (tertiary/aromatic N) is 1. The second-order valence-electron chi connectivity index (χ2n) is 3.62. The second kappa shape index (κ2) is 4.76. The van der Waals surface area contributed by atoms with Gasteiger partial charge in [-0.3, -0.25) is 14.3 Å². The third-order valence-electron chi connectivity index (χ3n) is 2.48. The molecular formula is C11H8Cl2N2O2S. The van der Waals surface area contributed by atoms with Gasteiger partial charge in [0.1, 0.15) is 0 Å². The maximum absolute atomic E-state index is 11.4. The monoisotopic (exact) mass is 302 g/mol. The fraction of sp³-hybridized carbons (Fsp3) is 0.0909. The van der Waals surface area contributed by atoms with Crippen molar-refractivity contribution >= 4 is 35.4 Å². The quantitative estimate of drug-likeness (QED) is 0.795. The summed E-state index contributed by atoms with van der Waals surface area (Å²) in [5.41, 5.74) is 0.123. The molecule has 2 aromatic rings. The molecule has 0 unspecified atom stereocenters. The Kier molecular flexibility index (Phi) is 3.47. The first-order valence-corrected chi connectivity index (χ1v) is 6.09. The molecule has 2 rings (SSSR count). The predicted molar refractivity (Wildman–Crippen MR) is 73.6 cm³/mol. The maximum atomic E-state index is 11.4. The Labute approximate surface area is 117 Å². The molecule has 0 fully saturated rings. The minimum Gasteiger partial charge on any atom is -0.494 e. The molecule has 0 saturated heterocycles. The first-order valence-electron chi connectivity index (χ1n) is 4.92. The van der Waals surface area contributed by atoms with Crippen LogP contribution in [0.3, 0.4) is 0 Å². The molecule has 0 aliphatic heterocycles. The van der Waals surface area contributed by atoms with Crippen molar-refractivity contribution in [2.75, 3.05) is 0 Å². The molecule has 94 valence electrons. The normalized spacial score (nSPS) is 10.6. The molecule has 1 heterocycles. The van der Waals surface area contributed by atoms with E-state index >= 15 is 0 Å². The Morgan fingerprint density at radius 2 is 2.06 bits per heavy atom. The van der Waals surface area contributed by atoms with Crippen molar-refractivity contribution in [1.29, 1.82) is 0 Å². The SMILES string of the molecule is Cc1c(O)n(-c2cccc(Cl)c2Cl)c(=S)[nH]c1=O. The summed E-state index contributed by atoms with van der Waals surface area (Å²) >= 11 is 17.0. The highest BCUT2D eigenvalue weighted by Crippen LogP contribution is 2.31. The van der Waals surface area contributed by atoms with E-state index in [1.54, 1.807) is 18.2 Å². The first kappa shape index (κ1) is 13.1. The van der Waals surface area contributed by atoms with Crippen LogP contribution in [-0.2, 0) is 0 Å². The topological polar surface area (TPSA) is 58.0 Å². The van der Waals surface area contributed by atoms with E-state index in [1.165, 1.54) is 11.5 Å². The lowest BCUT2D eigenvalue weighted by molar-refractivity contribution is 0.428. The average molecular weight is 303 g/mol. The van der Waals surface area contributed by atoms with Gasteiger partial charge in [-0.25, -0.2) is 0 Å². The van der Waals surface area contributed by atoms with E-state index in [9.17, 15) is 9.90 Å². The van der Waals surface area contributed by atoms with Crippen molar-refractivity contribution in [2.24, 2.45) is 0 Å². The second-order valence-corrected chi connectivity index (χ2v) is 4.79. The summed E-state index contributed by atoms with van der Waals surface area (Å²) in [6, 6.07) is 4.93. The zero-order valence-electron chi connectivity index (χ0n) is 9.20. The van der Waals surface area contributed by atoms with Gasteiger partial charge in [0, 0.05) is 0 Å². The van der Waals surface area contributed by atoms with Gasteiger partial charge in [-0.2, -0.15) is 0 Å². The highest BCUT2D eigenvalue weighted by molar-refractivity contribution is 7.71. The number of H-pyrrole nitrogens is 1. The van der Waals surface area contributed by atoms with Crippen LogP contribution in [0.4, 0.5) is 0 Å². The molecule has 0 bridgehead atoms. The van der Waals surface area contributed by atoms with Crippen LogP contribution < -0.4 is 5.56 Å². The number of hydrogen-bond donors (Lipinski definition) is 2. The number of rotatable bonds is 1. The Balaban J connectivity index is 2.88. The first-order chi connectivity index (χ1) is 8.43. The Bertz CT molecular complexity index is 737. The van der Waals surface area contributed by atoms with E-state index in [1.807, 2.05) is 0 Å².